The van der Waals surface area contributed by atoms with Crippen LogP contribution in [-0.4, -0.2) is 42.5 Å². The summed E-state index contributed by atoms with van der Waals surface area (Å²) in [7, 11) is 3.26. The molecule has 3 aromatic rings. The molecule has 0 saturated heterocycles. The number of pyridine rings is 1. The lowest BCUT2D eigenvalue weighted by atomic mass is 9.81. The third-order valence-corrected chi connectivity index (χ3v) is 5.31. The molecule has 0 N–H and O–H groups in total. The van der Waals surface area contributed by atoms with E-state index in [9.17, 15) is 9.59 Å². The van der Waals surface area contributed by atoms with Gasteiger partial charge in [0.2, 0.25) is 0 Å². The van der Waals surface area contributed by atoms with Crippen LogP contribution in [0.25, 0.3) is 22.6 Å². The summed E-state index contributed by atoms with van der Waals surface area (Å²) in [6, 6.07) is 11.3. The maximum absolute atomic E-state index is 13.1. The molecule has 1 aromatic carbocycles. The Bertz CT molecular complexity index is 1130. The van der Waals surface area contributed by atoms with Crippen LogP contribution in [0.1, 0.15) is 40.7 Å². The zero-order valence-corrected chi connectivity index (χ0v) is 17.3. The van der Waals surface area contributed by atoms with Gasteiger partial charge in [0.25, 0.3) is 5.91 Å². The second kappa shape index (κ2) is 8.14. The second-order valence-corrected chi connectivity index (χ2v) is 7.89. The fourth-order valence-corrected chi connectivity index (χ4v) is 3.84. The summed E-state index contributed by atoms with van der Waals surface area (Å²) in [5.74, 6) is 0.325. The van der Waals surface area contributed by atoms with Gasteiger partial charge < -0.3 is 14.1 Å². The summed E-state index contributed by atoms with van der Waals surface area (Å²) in [5, 5.41) is 0.741. The largest absolute Gasteiger partial charge is 0.465 e. The molecule has 4 rings (SSSR count). The number of likely N-dealkylation sites (N-methyl/N-ethyl adjacent to an activating group) is 1. The molecular weight excluding hydrogens is 380 g/mol. The third-order valence-electron chi connectivity index (χ3n) is 5.31. The highest BCUT2D eigenvalue weighted by molar-refractivity contribution is 6.07. The van der Waals surface area contributed by atoms with E-state index in [2.05, 4.69) is 6.92 Å². The predicted molar refractivity (Wildman–Crippen MR) is 115 cm³/mol. The van der Waals surface area contributed by atoms with Crippen molar-refractivity contribution in [2.75, 3.05) is 20.7 Å². The molecule has 2 heterocycles. The number of benzene rings is 1. The van der Waals surface area contributed by atoms with Gasteiger partial charge in [-0.2, -0.15) is 0 Å². The molecule has 0 fully saturated rings. The number of rotatable bonds is 4. The lowest BCUT2D eigenvalue weighted by Crippen LogP contribution is -2.28. The van der Waals surface area contributed by atoms with Gasteiger partial charge in [0, 0.05) is 19.5 Å². The van der Waals surface area contributed by atoms with E-state index in [0.717, 1.165) is 39.9 Å². The average molecular weight is 404 g/mol. The van der Waals surface area contributed by atoms with Crippen molar-refractivity contribution in [3.8, 4) is 0 Å². The molecule has 1 amide bonds. The highest BCUT2D eigenvalue weighted by Gasteiger charge is 2.29. The molecule has 0 aliphatic heterocycles. The zero-order chi connectivity index (χ0) is 21.3. The zero-order valence-electron chi connectivity index (χ0n) is 17.3. The number of carbonyl (C=O) groups is 2. The molecule has 0 radical (unpaired) electrons. The van der Waals surface area contributed by atoms with Crippen molar-refractivity contribution in [1.82, 2.24) is 9.88 Å². The minimum absolute atomic E-state index is 0.262. The maximum Gasteiger partial charge on any atom is 0.339 e. The van der Waals surface area contributed by atoms with Crippen molar-refractivity contribution in [3.05, 3.63) is 65.2 Å². The molecule has 1 aliphatic rings. The van der Waals surface area contributed by atoms with Crippen LogP contribution in [-0.2, 0) is 16.0 Å². The number of aromatic nitrogens is 1. The molecule has 154 valence electrons. The Labute approximate surface area is 175 Å². The normalized spacial score (nSPS) is 17.0. The number of carbonyl (C=O) groups excluding carboxylic acids is 2. The average Bonchev–Trinajstić information content (AvgIpc) is 3.23. The number of allylic oxidation sites excluding steroid dienone is 1. The molecule has 2 aromatic heterocycles. The van der Waals surface area contributed by atoms with Crippen molar-refractivity contribution >= 4 is 34.4 Å². The lowest BCUT2D eigenvalue weighted by molar-refractivity contribution is -0.131. The molecule has 1 atom stereocenters. The minimum atomic E-state index is -0.494. The fraction of sp³-hybridized carbons (Fsp3) is 0.292. The number of fused-ring (bicyclic) bond motifs is 2. The van der Waals surface area contributed by atoms with Crippen LogP contribution in [0.5, 0.6) is 0 Å². The van der Waals surface area contributed by atoms with Gasteiger partial charge in [-0.05, 0) is 54.2 Å². The lowest BCUT2D eigenvalue weighted by Gasteiger charge is -2.26. The molecule has 0 saturated carbocycles. The molecule has 30 heavy (non-hydrogen) atoms. The van der Waals surface area contributed by atoms with Crippen LogP contribution >= 0.6 is 0 Å². The van der Waals surface area contributed by atoms with E-state index in [1.165, 1.54) is 4.90 Å². The van der Waals surface area contributed by atoms with Crippen molar-refractivity contribution in [3.63, 3.8) is 0 Å². The Morgan fingerprint density at radius 3 is 2.73 bits per heavy atom. The van der Waals surface area contributed by atoms with E-state index >= 15 is 0 Å². The van der Waals surface area contributed by atoms with E-state index in [-0.39, 0.29) is 12.5 Å². The Hall–Kier alpha value is -3.41. The van der Waals surface area contributed by atoms with Crippen molar-refractivity contribution in [1.29, 1.82) is 0 Å². The first-order chi connectivity index (χ1) is 14.4. The number of furan rings is 1. The molecule has 6 nitrogen and oxygen atoms in total. The van der Waals surface area contributed by atoms with Crippen LogP contribution in [0.4, 0.5) is 0 Å². The van der Waals surface area contributed by atoms with Gasteiger partial charge in [-0.25, -0.2) is 9.78 Å². The Morgan fingerprint density at radius 1 is 1.20 bits per heavy atom. The quantitative estimate of drug-likeness (QED) is 0.610. The SMILES string of the molecule is CC1C/C(=C/c2ccco2)c2nc3ccccc3c(C(=O)OCC(=O)N(C)C)c2C1. The van der Waals surface area contributed by atoms with Gasteiger partial charge in [0.05, 0.1) is 23.0 Å². The summed E-state index contributed by atoms with van der Waals surface area (Å²) >= 11 is 0. The van der Waals surface area contributed by atoms with E-state index in [4.69, 9.17) is 14.1 Å². The maximum atomic E-state index is 13.1. The second-order valence-electron chi connectivity index (χ2n) is 7.89. The summed E-state index contributed by atoms with van der Waals surface area (Å²) in [5.41, 5.74) is 3.92. The van der Waals surface area contributed by atoms with Crippen LogP contribution in [0.2, 0.25) is 0 Å². The summed E-state index contributed by atoms with van der Waals surface area (Å²) < 4.78 is 10.9. The monoisotopic (exact) mass is 404 g/mol. The highest BCUT2D eigenvalue weighted by atomic mass is 16.5. The van der Waals surface area contributed by atoms with Crippen LogP contribution < -0.4 is 0 Å². The number of hydrogen-bond donors (Lipinski definition) is 0. The molecule has 1 unspecified atom stereocenters. The first-order valence-corrected chi connectivity index (χ1v) is 9.97. The number of hydrogen-bond acceptors (Lipinski definition) is 5. The molecular formula is C24H24N2O4. The van der Waals surface area contributed by atoms with Crippen LogP contribution in [0.15, 0.2) is 47.1 Å². The Kier molecular flexibility index (Phi) is 5.40. The highest BCUT2D eigenvalue weighted by Crippen LogP contribution is 2.38. The molecule has 1 aliphatic carbocycles. The summed E-state index contributed by atoms with van der Waals surface area (Å²) in [4.78, 5) is 31.3. The van der Waals surface area contributed by atoms with Gasteiger partial charge in [-0.1, -0.05) is 25.1 Å². The molecule has 0 spiro atoms. The standard InChI is InChI=1S/C24H24N2O4/c1-15-11-16(13-17-7-6-10-29-17)23-19(12-15)22(18-8-4-5-9-20(18)25-23)24(28)30-14-21(27)26(2)3/h4-10,13,15H,11-12,14H2,1-3H3/b16-13-. The number of esters is 1. The van der Waals surface area contributed by atoms with E-state index in [1.807, 2.05) is 42.5 Å². The van der Waals surface area contributed by atoms with Crippen molar-refractivity contribution in [2.24, 2.45) is 5.92 Å². The number of amides is 1. The summed E-state index contributed by atoms with van der Waals surface area (Å²) in [6.07, 6.45) is 5.18. The fourth-order valence-electron chi connectivity index (χ4n) is 3.84. The van der Waals surface area contributed by atoms with Gasteiger partial charge in [0.1, 0.15) is 5.76 Å². The number of nitrogens with zero attached hydrogens (tertiary/aromatic N) is 2. The number of para-hydroxylation sites is 1. The molecule has 6 heteroatoms. The Balaban J connectivity index is 1.84. The van der Waals surface area contributed by atoms with E-state index in [1.54, 1.807) is 20.4 Å². The number of ether oxygens (including phenoxy) is 1. The minimum Gasteiger partial charge on any atom is -0.465 e. The third kappa shape index (κ3) is 3.85. The van der Waals surface area contributed by atoms with E-state index in [0.29, 0.717) is 17.9 Å². The van der Waals surface area contributed by atoms with Gasteiger partial charge in [0.15, 0.2) is 6.61 Å². The first-order valence-electron chi connectivity index (χ1n) is 9.97. The topological polar surface area (TPSA) is 72.6 Å². The van der Waals surface area contributed by atoms with Gasteiger partial charge in [-0.15, -0.1) is 0 Å². The van der Waals surface area contributed by atoms with Crippen molar-refractivity contribution < 1.29 is 18.7 Å². The smallest absolute Gasteiger partial charge is 0.339 e. The molecule has 0 bridgehead atoms. The first kappa shape index (κ1) is 19.9. The van der Waals surface area contributed by atoms with Crippen LogP contribution in [0, 0.1) is 5.92 Å². The van der Waals surface area contributed by atoms with E-state index < -0.39 is 5.97 Å². The Morgan fingerprint density at radius 2 is 2.00 bits per heavy atom. The van der Waals surface area contributed by atoms with Crippen molar-refractivity contribution in [2.45, 2.75) is 19.8 Å². The van der Waals surface area contributed by atoms with Gasteiger partial charge in [-0.3, -0.25) is 4.79 Å². The van der Waals surface area contributed by atoms with Crippen LogP contribution in [0.3, 0.4) is 0 Å². The van der Waals surface area contributed by atoms with Gasteiger partial charge >= 0.3 is 5.97 Å². The predicted octanol–water partition coefficient (Wildman–Crippen LogP) is 4.20. The summed E-state index contributed by atoms with van der Waals surface area (Å²) in [6.45, 7) is 1.86.